The highest BCUT2D eigenvalue weighted by molar-refractivity contribution is 5.97. The van der Waals surface area contributed by atoms with E-state index in [-0.39, 0.29) is 60.3 Å². The molecule has 2 fully saturated rings. The number of likely N-dealkylation sites (tertiary alicyclic amines) is 2. The normalized spacial score (nSPS) is 28.2. The van der Waals surface area contributed by atoms with Crippen LogP contribution >= 0.6 is 0 Å². The zero-order valence-electron chi connectivity index (χ0n) is 35.4. The fraction of sp³-hybridized carbons (Fsp3) is 0.574. The molecular formula is C47H58N2O10. The van der Waals surface area contributed by atoms with Gasteiger partial charge in [0.1, 0.15) is 0 Å². The number of piperidine rings is 2. The van der Waals surface area contributed by atoms with Gasteiger partial charge in [-0.2, -0.15) is 0 Å². The van der Waals surface area contributed by atoms with Gasteiger partial charge in [0, 0.05) is 71.6 Å². The molecule has 12 nitrogen and oxygen atoms in total. The first kappa shape index (κ1) is 41.1. The summed E-state index contributed by atoms with van der Waals surface area (Å²) in [5.74, 6) is 2.06. The topological polar surface area (TPSA) is 130 Å². The summed E-state index contributed by atoms with van der Waals surface area (Å²) in [5.41, 5.74) is 3.04. The van der Waals surface area contributed by atoms with E-state index in [0.717, 1.165) is 80.3 Å². The first-order valence-corrected chi connectivity index (χ1v) is 21.3. The number of benzene rings is 2. The molecule has 6 aliphatic rings. The summed E-state index contributed by atoms with van der Waals surface area (Å²) in [6.07, 6.45) is 11.9. The molecule has 0 aromatic heterocycles. The van der Waals surface area contributed by atoms with E-state index in [1.54, 1.807) is 28.4 Å². The number of likely N-dealkylation sites (N-methyl/N-ethyl adjacent to an activating group) is 2. The molecule has 2 aromatic carbocycles. The lowest BCUT2D eigenvalue weighted by Crippen LogP contribution is -2.60. The molecule has 0 unspecified atom stereocenters. The number of allylic oxidation sites excluding steroid dienone is 2. The Kier molecular flexibility index (Phi) is 11.4. The van der Waals surface area contributed by atoms with Crippen molar-refractivity contribution in [2.75, 3.05) is 55.6 Å². The van der Waals surface area contributed by atoms with Gasteiger partial charge in [-0.25, -0.2) is 0 Å². The smallest absolute Gasteiger partial charge is 0.311 e. The Morgan fingerprint density at radius 1 is 0.610 bits per heavy atom. The molecule has 4 aliphatic carbocycles. The number of esters is 2. The highest BCUT2D eigenvalue weighted by Crippen LogP contribution is 2.59. The third-order valence-corrected chi connectivity index (χ3v) is 14.6. The Balaban J connectivity index is 0.876. The van der Waals surface area contributed by atoms with Crippen molar-refractivity contribution in [3.05, 3.63) is 70.2 Å². The first-order chi connectivity index (χ1) is 28.5. The lowest BCUT2D eigenvalue weighted by molar-refractivity contribution is -0.135. The van der Waals surface area contributed by atoms with Crippen LogP contribution in [0, 0.1) is 11.8 Å². The van der Waals surface area contributed by atoms with Gasteiger partial charge in [0.2, 0.25) is 0 Å². The van der Waals surface area contributed by atoms with Crippen molar-refractivity contribution in [3.63, 3.8) is 0 Å². The van der Waals surface area contributed by atoms with Crippen LogP contribution in [-0.4, -0.2) is 101 Å². The van der Waals surface area contributed by atoms with Crippen LogP contribution < -0.4 is 18.9 Å². The van der Waals surface area contributed by atoms with Crippen molar-refractivity contribution < 1.29 is 47.6 Å². The van der Waals surface area contributed by atoms with Crippen molar-refractivity contribution >= 4 is 23.5 Å². The Labute approximate surface area is 347 Å². The molecular weight excluding hydrogens is 753 g/mol. The van der Waals surface area contributed by atoms with Crippen LogP contribution in [0.15, 0.2) is 47.9 Å². The van der Waals surface area contributed by atoms with Crippen molar-refractivity contribution in [2.24, 2.45) is 11.8 Å². The molecule has 0 radical (unpaired) electrons. The van der Waals surface area contributed by atoms with Gasteiger partial charge in [-0.05, 0) is 101 Å². The molecule has 59 heavy (non-hydrogen) atoms. The summed E-state index contributed by atoms with van der Waals surface area (Å²) in [6.45, 7) is 1.68. The third kappa shape index (κ3) is 7.03. The number of fused-ring (bicyclic) bond motifs is 2. The second kappa shape index (κ2) is 16.4. The number of ether oxygens (including phenoxy) is 6. The van der Waals surface area contributed by atoms with Gasteiger partial charge >= 0.3 is 11.9 Å². The van der Waals surface area contributed by atoms with E-state index in [9.17, 15) is 19.2 Å². The van der Waals surface area contributed by atoms with Gasteiger partial charge in [-0.15, -0.1) is 0 Å². The minimum atomic E-state index is -0.501. The van der Waals surface area contributed by atoms with E-state index in [1.807, 2.05) is 24.3 Å². The van der Waals surface area contributed by atoms with E-state index < -0.39 is 10.8 Å². The maximum absolute atomic E-state index is 13.5. The largest absolute Gasteiger partial charge is 0.493 e. The van der Waals surface area contributed by atoms with Crippen LogP contribution in [0.4, 0.5) is 0 Å². The van der Waals surface area contributed by atoms with Crippen LogP contribution in [0.25, 0.3) is 0 Å². The van der Waals surface area contributed by atoms with E-state index in [2.05, 4.69) is 36.0 Å². The van der Waals surface area contributed by atoms with Crippen LogP contribution in [0.2, 0.25) is 0 Å². The number of carbonyl (C=O) groups excluding carboxylic acids is 4. The fourth-order valence-electron chi connectivity index (χ4n) is 11.6. The zero-order valence-corrected chi connectivity index (χ0v) is 35.4. The fourth-order valence-corrected chi connectivity index (χ4v) is 11.6. The van der Waals surface area contributed by atoms with Crippen LogP contribution in [0.3, 0.4) is 0 Å². The predicted molar refractivity (Wildman–Crippen MR) is 219 cm³/mol. The third-order valence-electron chi connectivity index (χ3n) is 14.6. The van der Waals surface area contributed by atoms with Crippen LogP contribution in [-0.2, 0) is 52.3 Å². The molecule has 0 spiro atoms. The van der Waals surface area contributed by atoms with Gasteiger partial charge in [0.05, 0.1) is 28.4 Å². The summed E-state index contributed by atoms with van der Waals surface area (Å²) in [4.78, 5) is 58.3. The Hall–Kier alpha value is -4.68. The number of carbonyl (C=O) groups is 4. The summed E-state index contributed by atoms with van der Waals surface area (Å²) in [7, 11) is 10.5. The second-order valence-corrected chi connectivity index (χ2v) is 17.5. The van der Waals surface area contributed by atoms with Gasteiger partial charge in [-0.1, -0.05) is 31.4 Å². The number of hydrogen-bond acceptors (Lipinski definition) is 12. The number of rotatable bonds is 14. The molecule has 316 valence electrons. The standard InChI is InChI=1S/C47H58N2O10/c1-48-20-18-46-26-34(50)38(56-5)24-30(46)32(48)22-28-14-16-36(54-3)44(42(28)46)58-40(52)12-10-8-7-9-11-13-41(53)59-45-37(55-4)17-15-29-23-33-31-25-39(57-6)35(51)27-47(31,43(29)45)19-21-49(33)2/h14-17,24-25,30-33H,7-13,18-23,26-27H2,1-6H3/t30-,31-,32+,33+,46-,47-/m1/s1. The summed E-state index contributed by atoms with van der Waals surface area (Å²) in [6, 6.07) is 8.27. The number of methoxy groups -OCH3 is 4. The lowest BCUT2D eigenvalue weighted by Gasteiger charge is -2.56. The Morgan fingerprint density at radius 3 is 1.41 bits per heavy atom. The minimum Gasteiger partial charge on any atom is -0.493 e. The highest BCUT2D eigenvalue weighted by Gasteiger charge is 2.58. The Bertz CT molecular complexity index is 1950. The molecule has 4 bridgehead atoms. The van der Waals surface area contributed by atoms with Gasteiger partial charge in [0.25, 0.3) is 0 Å². The summed E-state index contributed by atoms with van der Waals surface area (Å²) >= 11 is 0. The van der Waals surface area contributed by atoms with Crippen molar-refractivity contribution in [2.45, 2.75) is 106 Å². The molecule has 2 aromatic rings. The average molecular weight is 811 g/mol. The molecule has 0 amide bonds. The molecule has 6 atom stereocenters. The summed E-state index contributed by atoms with van der Waals surface area (Å²) < 4.78 is 34.9. The van der Waals surface area contributed by atoms with Gasteiger partial charge < -0.3 is 38.2 Å². The lowest BCUT2D eigenvalue weighted by atomic mass is 9.53. The SMILES string of the molecule is COC1=C[C@@H]2[C@@H]3Cc4ccc(OC)c(OC(=O)CCCCCCCC(=O)Oc5c(OC)ccc6c5[C@@]57CCN(C)[C@@H](C6)[C@H]5C=C(OC)C(=O)C7)c4[C@]2(CCN3C)CC1=O. The first-order valence-electron chi connectivity index (χ1n) is 21.3. The van der Waals surface area contributed by atoms with Crippen LogP contribution in [0.5, 0.6) is 23.0 Å². The van der Waals surface area contributed by atoms with Crippen molar-refractivity contribution in [1.82, 2.24) is 9.80 Å². The second-order valence-electron chi connectivity index (χ2n) is 17.5. The Morgan fingerprint density at radius 2 is 1.02 bits per heavy atom. The number of hydrogen-bond donors (Lipinski definition) is 0. The number of Topliss-reactive ketones (excluding diaryl/α,β-unsaturated/α-hetero) is 2. The predicted octanol–water partition coefficient (Wildman–Crippen LogP) is 6.18. The zero-order chi connectivity index (χ0) is 41.6. The van der Waals surface area contributed by atoms with Gasteiger partial charge in [0.15, 0.2) is 46.1 Å². The molecule has 0 saturated carbocycles. The van der Waals surface area contributed by atoms with E-state index >= 15 is 0 Å². The number of unbranched alkanes of at least 4 members (excludes halogenated alkanes) is 4. The maximum atomic E-state index is 13.5. The van der Waals surface area contributed by atoms with Crippen molar-refractivity contribution in [3.8, 4) is 23.0 Å². The molecule has 2 saturated heterocycles. The van der Waals surface area contributed by atoms with E-state index in [1.165, 1.54) is 0 Å². The molecule has 2 heterocycles. The van der Waals surface area contributed by atoms with E-state index in [0.29, 0.717) is 60.2 Å². The maximum Gasteiger partial charge on any atom is 0.311 e. The molecule has 12 heteroatoms. The number of ketones is 2. The summed E-state index contributed by atoms with van der Waals surface area (Å²) in [5, 5.41) is 0. The minimum absolute atomic E-state index is 0.0311. The van der Waals surface area contributed by atoms with Crippen LogP contribution in [0.1, 0.15) is 92.9 Å². The number of nitrogens with zero attached hydrogens (tertiary/aromatic N) is 2. The van der Waals surface area contributed by atoms with Gasteiger partial charge in [-0.3, -0.25) is 19.2 Å². The highest BCUT2D eigenvalue weighted by atomic mass is 16.6. The molecule has 8 rings (SSSR count). The van der Waals surface area contributed by atoms with Crippen molar-refractivity contribution in [1.29, 1.82) is 0 Å². The monoisotopic (exact) mass is 810 g/mol. The quantitative estimate of drug-likeness (QED) is 0.123. The average Bonchev–Trinajstić information content (AvgIpc) is 3.22. The molecule has 0 N–H and O–H groups in total. The van der Waals surface area contributed by atoms with E-state index in [4.69, 9.17) is 28.4 Å². The molecule has 2 aliphatic heterocycles.